The van der Waals surface area contributed by atoms with Crippen LogP contribution in [-0.2, 0) is 11.3 Å². The second-order valence-electron chi connectivity index (χ2n) is 7.96. The molecule has 1 aromatic carbocycles. The van der Waals surface area contributed by atoms with E-state index in [0.717, 1.165) is 73.9 Å². The van der Waals surface area contributed by atoms with Crippen molar-refractivity contribution in [3.05, 3.63) is 42.2 Å². The Kier molecular flexibility index (Phi) is 6.20. The number of rotatable bonds is 5. The van der Waals surface area contributed by atoms with Gasteiger partial charge in [0.25, 0.3) is 0 Å². The van der Waals surface area contributed by atoms with Gasteiger partial charge in [-0.25, -0.2) is 9.98 Å². The first-order valence-electron chi connectivity index (χ1n) is 11.1. The van der Waals surface area contributed by atoms with Gasteiger partial charge in [-0.2, -0.15) is 0 Å². The topological polar surface area (TPSA) is 66.1 Å². The van der Waals surface area contributed by atoms with E-state index in [-0.39, 0.29) is 0 Å². The predicted octanol–water partition coefficient (Wildman–Crippen LogP) is 3.43. The zero-order chi connectivity index (χ0) is 21.0. The fourth-order valence-electron chi connectivity index (χ4n) is 4.31. The van der Waals surface area contributed by atoms with E-state index in [1.807, 2.05) is 30.3 Å². The number of morpholine rings is 1. The van der Waals surface area contributed by atoms with E-state index >= 15 is 0 Å². The quantitative estimate of drug-likeness (QED) is 0.485. The maximum Gasteiger partial charge on any atom is 0.194 e. The monoisotopic (exact) mass is 439 g/mol. The Labute approximate surface area is 186 Å². The summed E-state index contributed by atoms with van der Waals surface area (Å²) in [6.07, 6.45) is 1.17. The summed E-state index contributed by atoms with van der Waals surface area (Å²) in [5, 5.41) is 4.37. The Balaban J connectivity index is 1.25. The second-order valence-corrected chi connectivity index (χ2v) is 8.99. The fourth-order valence-corrected chi connectivity index (χ4v) is 5.24. The van der Waals surface area contributed by atoms with Crippen molar-refractivity contribution in [1.29, 1.82) is 0 Å². The number of para-hydroxylation sites is 1. The van der Waals surface area contributed by atoms with E-state index in [2.05, 4.69) is 28.1 Å². The molecule has 0 radical (unpaired) electrons. The Morgan fingerprint density at radius 2 is 2.06 bits per heavy atom. The number of benzene rings is 1. The average molecular weight is 440 g/mol. The molecule has 3 aromatic rings. The first-order chi connectivity index (χ1) is 15.3. The van der Waals surface area contributed by atoms with Crippen molar-refractivity contribution in [2.24, 2.45) is 4.99 Å². The maximum atomic E-state index is 6.08. The molecular formula is C23H29N5O2S. The number of guanidine groups is 1. The highest BCUT2D eigenvalue weighted by atomic mass is 32.1. The van der Waals surface area contributed by atoms with Crippen LogP contribution < -0.4 is 5.32 Å². The van der Waals surface area contributed by atoms with Gasteiger partial charge in [-0.1, -0.05) is 12.1 Å². The minimum Gasteiger partial charge on any atom is -0.457 e. The number of fused-ring (bicyclic) bond motifs is 1. The molecule has 2 saturated heterocycles. The van der Waals surface area contributed by atoms with Crippen molar-refractivity contribution < 1.29 is 9.15 Å². The zero-order valence-electron chi connectivity index (χ0n) is 17.9. The molecule has 5 rings (SSSR count). The van der Waals surface area contributed by atoms with Crippen molar-refractivity contribution in [3.63, 3.8) is 0 Å². The summed E-state index contributed by atoms with van der Waals surface area (Å²) in [5.41, 5.74) is 1.01. The van der Waals surface area contributed by atoms with Gasteiger partial charge in [-0.15, -0.1) is 11.3 Å². The average Bonchev–Trinajstić information content (AvgIpc) is 3.56. The number of aliphatic imine (C=N–C) groups is 1. The van der Waals surface area contributed by atoms with Crippen molar-refractivity contribution in [1.82, 2.24) is 20.1 Å². The van der Waals surface area contributed by atoms with Crippen LogP contribution in [0.25, 0.3) is 21.0 Å². The molecule has 1 atom stereocenters. The first-order valence-corrected chi connectivity index (χ1v) is 11.9. The molecule has 2 fully saturated rings. The second kappa shape index (κ2) is 9.38. The van der Waals surface area contributed by atoms with Crippen LogP contribution in [0.15, 0.2) is 45.8 Å². The van der Waals surface area contributed by atoms with Crippen LogP contribution >= 0.6 is 11.3 Å². The van der Waals surface area contributed by atoms with Crippen molar-refractivity contribution in [2.75, 3.05) is 45.9 Å². The molecule has 0 spiro atoms. The molecule has 2 aromatic heterocycles. The molecule has 7 nitrogen and oxygen atoms in total. The lowest BCUT2D eigenvalue weighted by atomic mass is 10.2. The van der Waals surface area contributed by atoms with Crippen LogP contribution in [0, 0.1) is 0 Å². The molecule has 1 unspecified atom stereocenters. The molecule has 0 amide bonds. The molecule has 0 bridgehead atoms. The standard InChI is InChI=1S/C23H29N5O2S/c1-2-24-23(28-10-9-17(16-28)27-11-13-29-14-12-27)25-15-18-7-8-20(30-18)22-26-19-5-3-4-6-21(19)31-22/h3-8,17H,2,9-16H2,1H3,(H,24,25). The van der Waals surface area contributed by atoms with E-state index < -0.39 is 0 Å². The lowest BCUT2D eigenvalue weighted by Crippen LogP contribution is -2.46. The number of nitrogens with zero attached hydrogens (tertiary/aromatic N) is 4. The Bertz CT molecular complexity index is 1010. The molecule has 1 N–H and O–H groups in total. The number of aromatic nitrogens is 1. The molecule has 0 saturated carbocycles. The number of thiazole rings is 1. The molecule has 164 valence electrons. The summed E-state index contributed by atoms with van der Waals surface area (Å²) in [6, 6.07) is 12.8. The van der Waals surface area contributed by atoms with Gasteiger partial charge >= 0.3 is 0 Å². The highest BCUT2D eigenvalue weighted by Gasteiger charge is 2.30. The van der Waals surface area contributed by atoms with Crippen LogP contribution in [0.1, 0.15) is 19.1 Å². The van der Waals surface area contributed by atoms with Gasteiger partial charge in [0.2, 0.25) is 0 Å². The van der Waals surface area contributed by atoms with Crippen molar-refractivity contribution in [3.8, 4) is 10.8 Å². The van der Waals surface area contributed by atoms with E-state index in [1.54, 1.807) is 11.3 Å². The molecule has 2 aliphatic heterocycles. The third-order valence-corrected chi connectivity index (χ3v) is 6.96. The van der Waals surface area contributed by atoms with Crippen molar-refractivity contribution >= 4 is 27.5 Å². The molecule has 31 heavy (non-hydrogen) atoms. The fraction of sp³-hybridized carbons (Fsp3) is 0.478. The Hall–Kier alpha value is -2.42. The van der Waals surface area contributed by atoms with Gasteiger partial charge in [0, 0.05) is 38.8 Å². The largest absolute Gasteiger partial charge is 0.457 e. The third kappa shape index (κ3) is 4.61. The minimum atomic E-state index is 0.520. The van der Waals surface area contributed by atoms with Gasteiger partial charge in [0.1, 0.15) is 12.3 Å². The SMILES string of the molecule is CCNC(=NCc1ccc(-c2nc3ccccc3s2)o1)N1CCC(N2CCOCC2)C1. The van der Waals surface area contributed by atoms with E-state index in [0.29, 0.717) is 12.6 Å². The van der Waals surface area contributed by atoms with Crippen LogP contribution in [0.4, 0.5) is 0 Å². The van der Waals surface area contributed by atoms with Crippen LogP contribution in [0.2, 0.25) is 0 Å². The number of likely N-dealkylation sites (tertiary alicyclic amines) is 1. The highest BCUT2D eigenvalue weighted by Crippen LogP contribution is 2.31. The summed E-state index contributed by atoms with van der Waals surface area (Å²) in [6.45, 7) is 9.30. The number of furan rings is 1. The zero-order valence-corrected chi connectivity index (χ0v) is 18.7. The molecule has 4 heterocycles. The van der Waals surface area contributed by atoms with Gasteiger partial charge in [0.15, 0.2) is 16.7 Å². The maximum absolute atomic E-state index is 6.08. The van der Waals surface area contributed by atoms with E-state index in [4.69, 9.17) is 19.1 Å². The lowest BCUT2D eigenvalue weighted by Gasteiger charge is -2.32. The van der Waals surface area contributed by atoms with E-state index in [9.17, 15) is 0 Å². The summed E-state index contributed by atoms with van der Waals surface area (Å²) in [4.78, 5) is 14.5. The molecule has 8 heteroatoms. The Morgan fingerprint density at radius 3 is 2.90 bits per heavy atom. The number of nitrogens with one attached hydrogen (secondary N) is 1. The third-order valence-electron chi connectivity index (χ3n) is 5.91. The smallest absolute Gasteiger partial charge is 0.194 e. The molecule has 0 aliphatic carbocycles. The number of hydrogen-bond acceptors (Lipinski definition) is 6. The van der Waals surface area contributed by atoms with Gasteiger partial charge in [-0.3, -0.25) is 4.90 Å². The van der Waals surface area contributed by atoms with Crippen molar-refractivity contribution in [2.45, 2.75) is 25.9 Å². The Morgan fingerprint density at radius 1 is 1.19 bits per heavy atom. The van der Waals surface area contributed by atoms with Crippen LogP contribution in [0.5, 0.6) is 0 Å². The van der Waals surface area contributed by atoms with Gasteiger partial charge in [-0.05, 0) is 37.6 Å². The summed E-state index contributed by atoms with van der Waals surface area (Å²) in [5.74, 6) is 2.63. The first kappa shape index (κ1) is 20.5. The highest BCUT2D eigenvalue weighted by molar-refractivity contribution is 7.21. The van der Waals surface area contributed by atoms with Gasteiger partial charge < -0.3 is 19.4 Å². The summed E-state index contributed by atoms with van der Waals surface area (Å²) >= 11 is 1.66. The lowest BCUT2D eigenvalue weighted by molar-refractivity contribution is 0.0195. The van der Waals surface area contributed by atoms with Crippen LogP contribution in [0.3, 0.4) is 0 Å². The molecular weight excluding hydrogens is 410 g/mol. The summed E-state index contributed by atoms with van der Waals surface area (Å²) in [7, 11) is 0. The normalized spacial score (nSPS) is 20.6. The summed E-state index contributed by atoms with van der Waals surface area (Å²) < 4.78 is 12.8. The number of ether oxygens (including phenoxy) is 1. The number of hydrogen-bond donors (Lipinski definition) is 1. The van der Waals surface area contributed by atoms with Crippen LogP contribution in [-0.4, -0.2) is 72.7 Å². The minimum absolute atomic E-state index is 0.520. The van der Waals surface area contributed by atoms with Gasteiger partial charge in [0.05, 0.1) is 23.4 Å². The predicted molar refractivity (Wildman–Crippen MR) is 125 cm³/mol. The van der Waals surface area contributed by atoms with E-state index in [1.165, 1.54) is 11.1 Å². The molecule has 2 aliphatic rings.